The van der Waals surface area contributed by atoms with E-state index in [9.17, 15) is 22.8 Å². The molecule has 1 fully saturated rings. The Kier molecular flexibility index (Phi) is 8.41. The number of carbonyl (C=O) groups excluding carboxylic acids is 2. The highest BCUT2D eigenvalue weighted by Gasteiger charge is 2.32. The molecular weight excluding hydrogens is 447 g/mol. The second-order valence-corrected chi connectivity index (χ2v) is 8.12. The zero-order chi connectivity index (χ0) is 24.7. The number of carbonyl (C=O) groups is 2. The normalized spacial score (nSPS) is 14.0. The third-order valence-corrected chi connectivity index (χ3v) is 5.82. The zero-order valence-corrected chi connectivity index (χ0v) is 19.5. The van der Waals surface area contributed by atoms with Crippen LogP contribution < -0.4 is 15.0 Å². The maximum atomic E-state index is 13.3. The fraction of sp³-hybridized carbons (Fsp3) is 0.440. The molecule has 2 amide bonds. The molecule has 9 heteroatoms. The van der Waals surface area contributed by atoms with Crippen LogP contribution in [0.4, 0.5) is 24.5 Å². The summed E-state index contributed by atoms with van der Waals surface area (Å²) in [6.45, 7) is 6.08. The van der Waals surface area contributed by atoms with Crippen molar-refractivity contribution in [1.29, 1.82) is 0 Å². The van der Waals surface area contributed by atoms with Gasteiger partial charge in [0.1, 0.15) is 5.75 Å². The Morgan fingerprint density at radius 2 is 1.65 bits per heavy atom. The van der Waals surface area contributed by atoms with Gasteiger partial charge in [-0.2, -0.15) is 13.2 Å². The average molecular weight is 478 g/mol. The number of nitrogens with one attached hydrogen (secondary N) is 1. The van der Waals surface area contributed by atoms with Gasteiger partial charge >= 0.3 is 6.18 Å². The number of piperidine rings is 1. The highest BCUT2D eigenvalue weighted by atomic mass is 19.4. The van der Waals surface area contributed by atoms with Crippen LogP contribution in [0.15, 0.2) is 42.5 Å². The van der Waals surface area contributed by atoms with Gasteiger partial charge < -0.3 is 19.9 Å². The number of ether oxygens (including phenoxy) is 1. The van der Waals surface area contributed by atoms with Gasteiger partial charge in [-0.15, -0.1) is 0 Å². The van der Waals surface area contributed by atoms with E-state index in [1.54, 1.807) is 29.2 Å². The van der Waals surface area contributed by atoms with Crippen LogP contribution in [0, 0.1) is 0 Å². The number of benzene rings is 2. The quantitative estimate of drug-likeness (QED) is 0.568. The minimum Gasteiger partial charge on any atom is -0.484 e. The summed E-state index contributed by atoms with van der Waals surface area (Å²) in [5, 5.41) is 2.58. The SMILES string of the molecule is CCN(CC)C(=O)c1ccc(OCC(=O)Nc2cc(C(F)(F)F)ccc2N2CCCCC2)cc1. The largest absolute Gasteiger partial charge is 0.484 e. The Balaban J connectivity index is 1.67. The molecule has 0 unspecified atom stereocenters. The second-order valence-electron chi connectivity index (χ2n) is 8.12. The molecule has 34 heavy (non-hydrogen) atoms. The summed E-state index contributed by atoms with van der Waals surface area (Å²) in [6.07, 6.45) is -1.54. The number of hydrogen-bond acceptors (Lipinski definition) is 4. The summed E-state index contributed by atoms with van der Waals surface area (Å²) in [5.41, 5.74) is 0.374. The lowest BCUT2D eigenvalue weighted by molar-refractivity contribution is -0.137. The maximum absolute atomic E-state index is 13.3. The first-order valence-corrected chi connectivity index (χ1v) is 11.5. The van der Waals surface area contributed by atoms with E-state index in [0.717, 1.165) is 44.5 Å². The van der Waals surface area contributed by atoms with Gasteiger partial charge in [0.25, 0.3) is 11.8 Å². The summed E-state index contributed by atoms with van der Waals surface area (Å²) in [6, 6.07) is 9.84. The topological polar surface area (TPSA) is 61.9 Å². The van der Waals surface area contributed by atoms with Crippen molar-refractivity contribution in [1.82, 2.24) is 4.90 Å². The summed E-state index contributed by atoms with van der Waals surface area (Å²) in [5.74, 6) is -0.281. The molecule has 0 aromatic heterocycles. The average Bonchev–Trinajstić information content (AvgIpc) is 2.83. The van der Waals surface area contributed by atoms with Gasteiger partial charge in [-0.05, 0) is 75.6 Å². The molecule has 1 aliphatic rings. The zero-order valence-electron chi connectivity index (χ0n) is 19.5. The third kappa shape index (κ3) is 6.42. The maximum Gasteiger partial charge on any atom is 0.416 e. The Labute approximate surface area is 197 Å². The number of amides is 2. The van der Waals surface area contributed by atoms with Gasteiger partial charge in [0.15, 0.2) is 6.61 Å². The molecule has 1 heterocycles. The molecule has 0 saturated carbocycles. The number of rotatable bonds is 8. The molecule has 3 rings (SSSR count). The second kappa shape index (κ2) is 11.3. The molecule has 1 saturated heterocycles. The Morgan fingerprint density at radius 3 is 2.24 bits per heavy atom. The highest BCUT2D eigenvalue weighted by molar-refractivity contribution is 5.96. The standard InChI is InChI=1S/C25H30F3N3O3/c1-3-30(4-2)24(33)18-8-11-20(12-9-18)34-17-23(32)29-21-16-19(25(26,27)28)10-13-22(21)31-14-6-5-7-15-31/h8-13,16H,3-7,14-15,17H2,1-2H3,(H,29,32). The molecule has 0 spiro atoms. The molecular formula is C25H30F3N3O3. The summed E-state index contributed by atoms with van der Waals surface area (Å²) in [4.78, 5) is 28.6. The van der Waals surface area contributed by atoms with Crippen molar-refractivity contribution < 1.29 is 27.5 Å². The van der Waals surface area contributed by atoms with E-state index in [0.29, 0.717) is 30.1 Å². The van der Waals surface area contributed by atoms with Crippen molar-refractivity contribution in [2.45, 2.75) is 39.3 Å². The lowest BCUT2D eigenvalue weighted by Crippen LogP contribution is -2.31. The Morgan fingerprint density at radius 1 is 1.00 bits per heavy atom. The number of anilines is 2. The Bertz CT molecular complexity index is 983. The van der Waals surface area contributed by atoms with Crippen LogP contribution in [0.1, 0.15) is 49.0 Å². The van der Waals surface area contributed by atoms with E-state index in [1.165, 1.54) is 6.07 Å². The van der Waals surface area contributed by atoms with Crippen molar-refractivity contribution in [3.8, 4) is 5.75 Å². The minimum absolute atomic E-state index is 0.0934. The number of alkyl halides is 3. The van der Waals surface area contributed by atoms with E-state index in [1.807, 2.05) is 18.7 Å². The van der Waals surface area contributed by atoms with Crippen molar-refractivity contribution >= 4 is 23.2 Å². The molecule has 0 aliphatic carbocycles. The van der Waals surface area contributed by atoms with E-state index >= 15 is 0 Å². The van der Waals surface area contributed by atoms with Crippen molar-refractivity contribution in [3.05, 3.63) is 53.6 Å². The van der Waals surface area contributed by atoms with Crippen LogP contribution in [-0.4, -0.2) is 49.5 Å². The number of hydrogen-bond donors (Lipinski definition) is 1. The third-order valence-electron chi connectivity index (χ3n) is 5.82. The molecule has 0 radical (unpaired) electrons. The van der Waals surface area contributed by atoms with Crippen LogP contribution in [-0.2, 0) is 11.0 Å². The first-order chi connectivity index (χ1) is 16.2. The molecule has 184 valence electrons. The van der Waals surface area contributed by atoms with Gasteiger partial charge in [0.2, 0.25) is 0 Å². The van der Waals surface area contributed by atoms with E-state index in [-0.39, 0.29) is 18.2 Å². The van der Waals surface area contributed by atoms with Gasteiger partial charge in [-0.25, -0.2) is 0 Å². The summed E-state index contributed by atoms with van der Waals surface area (Å²) >= 11 is 0. The van der Waals surface area contributed by atoms with Gasteiger partial charge in [0, 0.05) is 31.7 Å². The number of nitrogens with zero attached hydrogens (tertiary/aromatic N) is 2. The molecule has 2 aromatic carbocycles. The summed E-state index contributed by atoms with van der Waals surface area (Å²) < 4.78 is 45.3. The highest BCUT2D eigenvalue weighted by Crippen LogP contribution is 2.36. The predicted molar refractivity (Wildman–Crippen MR) is 125 cm³/mol. The molecule has 1 N–H and O–H groups in total. The van der Waals surface area contributed by atoms with Crippen LogP contribution in [0.5, 0.6) is 5.75 Å². The monoisotopic (exact) mass is 477 g/mol. The molecule has 1 aliphatic heterocycles. The van der Waals surface area contributed by atoms with Crippen LogP contribution >= 0.6 is 0 Å². The van der Waals surface area contributed by atoms with Crippen LogP contribution in [0.2, 0.25) is 0 Å². The van der Waals surface area contributed by atoms with Crippen LogP contribution in [0.25, 0.3) is 0 Å². The van der Waals surface area contributed by atoms with E-state index in [4.69, 9.17) is 4.74 Å². The predicted octanol–water partition coefficient (Wildman–Crippen LogP) is 5.20. The number of halogens is 3. The fourth-order valence-corrected chi connectivity index (χ4v) is 3.95. The molecule has 6 nitrogen and oxygen atoms in total. The van der Waals surface area contributed by atoms with Gasteiger partial charge in [0.05, 0.1) is 16.9 Å². The molecule has 2 aromatic rings. The van der Waals surface area contributed by atoms with Gasteiger partial charge in [-0.3, -0.25) is 9.59 Å². The van der Waals surface area contributed by atoms with E-state index in [2.05, 4.69) is 5.32 Å². The summed E-state index contributed by atoms with van der Waals surface area (Å²) in [7, 11) is 0. The minimum atomic E-state index is -4.51. The lowest BCUT2D eigenvalue weighted by atomic mass is 10.1. The lowest BCUT2D eigenvalue weighted by Gasteiger charge is -2.31. The molecule has 0 atom stereocenters. The van der Waals surface area contributed by atoms with E-state index < -0.39 is 17.6 Å². The van der Waals surface area contributed by atoms with Crippen LogP contribution in [0.3, 0.4) is 0 Å². The first-order valence-electron chi connectivity index (χ1n) is 11.5. The van der Waals surface area contributed by atoms with Crippen molar-refractivity contribution in [3.63, 3.8) is 0 Å². The fourth-order valence-electron chi connectivity index (χ4n) is 3.95. The first kappa shape index (κ1) is 25.4. The Hall–Kier alpha value is -3.23. The van der Waals surface area contributed by atoms with Gasteiger partial charge in [-0.1, -0.05) is 0 Å². The van der Waals surface area contributed by atoms with Crippen molar-refractivity contribution in [2.24, 2.45) is 0 Å². The smallest absolute Gasteiger partial charge is 0.416 e. The van der Waals surface area contributed by atoms with Crippen molar-refractivity contribution in [2.75, 3.05) is 43.0 Å². The molecule has 0 bridgehead atoms.